The van der Waals surface area contributed by atoms with E-state index >= 15 is 0 Å². The van der Waals surface area contributed by atoms with Gasteiger partial charge in [-0.2, -0.15) is 0 Å². The summed E-state index contributed by atoms with van der Waals surface area (Å²) in [6.07, 6.45) is 0.845. The van der Waals surface area contributed by atoms with Gasteiger partial charge in [-0.3, -0.25) is 0 Å². The first-order valence-corrected chi connectivity index (χ1v) is 5.90. The molecule has 0 aromatic heterocycles. The predicted octanol–water partition coefficient (Wildman–Crippen LogP) is 3.25. The van der Waals surface area contributed by atoms with Crippen LogP contribution in [0.5, 0.6) is 5.75 Å². The van der Waals surface area contributed by atoms with Crippen molar-refractivity contribution in [3.63, 3.8) is 0 Å². The molecule has 1 N–H and O–H groups in total. The van der Waals surface area contributed by atoms with E-state index in [0.29, 0.717) is 6.61 Å². The summed E-state index contributed by atoms with van der Waals surface area (Å²) >= 11 is 0. The minimum atomic E-state index is -0.361. The van der Waals surface area contributed by atoms with Gasteiger partial charge in [0.15, 0.2) is 11.6 Å². The van der Waals surface area contributed by atoms with Gasteiger partial charge >= 0.3 is 0 Å². The summed E-state index contributed by atoms with van der Waals surface area (Å²) in [5, 5.41) is 9.26. The average molecular weight is 240 g/mol. The van der Waals surface area contributed by atoms with E-state index in [9.17, 15) is 9.50 Å². The maximum Gasteiger partial charge on any atom is 0.165 e. The van der Waals surface area contributed by atoms with Gasteiger partial charge in [-0.15, -0.1) is 0 Å². The summed E-state index contributed by atoms with van der Waals surface area (Å²) < 4.78 is 18.7. The van der Waals surface area contributed by atoms with Gasteiger partial charge < -0.3 is 9.84 Å². The Labute approximate surface area is 102 Å². The van der Waals surface area contributed by atoms with E-state index in [1.165, 1.54) is 6.07 Å². The van der Waals surface area contributed by atoms with Crippen LogP contribution in [0.15, 0.2) is 24.3 Å². The summed E-state index contributed by atoms with van der Waals surface area (Å²) in [5.41, 5.74) is 0.131. The molecule has 1 aromatic carbocycles. The van der Waals surface area contributed by atoms with Crippen molar-refractivity contribution in [2.24, 2.45) is 11.3 Å². The molecule has 2 nitrogen and oxygen atoms in total. The van der Waals surface area contributed by atoms with Crippen molar-refractivity contribution in [2.75, 3.05) is 13.2 Å². The Balaban J connectivity index is 2.51. The fraction of sp³-hybridized carbons (Fsp3) is 0.571. The molecule has 1 rings (SSSR count). The maximum atomic E-state index is 13.3. The first kappa shape index (κ1) is 14.0. The minimum absolute atomic E-state index is 0.0367. The van der Waals surface area contributed by atoms with Crippen LogP contribution in [0.4, 0.5) is 4.39 Å². The zero-order valence-corrected chi connectivity index (χ0v) is 10.7. The van der Waals surface area contributed by atoms with Crippen LogP contribution in [-0.2, 0) is 0 Å². The molecule has 0 bridgehead atoms. The van der Waals surface area contributed by atoms with E-state index in [0.717, 1.165) is 6.42 Å². The molecule has 0 aliphatic rings. The molecule has 1 unspecified atom stereocenters. The molecule has 0 radical (unpaired) electrons. The minimum Gasteiger partial charge on any atom is -0.490 e. The van der Waals surface area contributed by atoms with Gasteiger partial charge in [0.2, 0.25) is 0 Å². The van der Waals surface area contributed by atoms with Gasteiger partial charge in [0, 0.05) is 12.5 Å². The first-order chi connectivity index (χ1) is 7.92. The van der Waals surface area contributed by atoms with Gasteiger partial charge in [-0.1, -0.05) is 32.9 Å². The lowest BCUT2D eigenvalue weighted by atomic mass is 9.85. The Morgan fingerprint density at radius 3 is 2.47 bits per heavy atom. The SMILES string of the molecule is CC(C)(C)CC(CO)COc1ccccc1F. The van der Waals surface area contributed by atoms with Gasteiger partial charge in [-0.05, 0) is 24.0 Å². The van der Waals surface area contributed by atoms with E-state index in [-0.39, 0.29) is 29.5 Å². The average Bonchev–Trinajstić information content (AvgIpc) is 2.24. The van der Waals surface area contributed by atoms with E-state index in [2.05, 4.69) is 20.8 Å². The number of aliphatic hydroxyl groups is 1. The number of benzene rings is 1. The Morgan fingerprint density at radius 2 is 1.94 bits per heavy atom. The van der Waals surface area contributed by atoms with Crippen LogP contribution in [0.25, 0.3) is 0 Å². The van der Waals surface area contributed by atoms with Crippen LogP contribution in [0, 0.1) is 17.2 Å². The number of rotatable bonds is 5. The Bertz CT molecular complexity index is 344. The number of ether oxygens (including phenoxy) is 1. The van der Waals surface area contributed by atoms with Crippen molar-refractivity contribution in [3.8, 4) is 5.75 Å². The highest BCUT2D eigenvalue weighted by Gasteiger charge is 2.19. The zero-order chi connectivity index (χ0) is 12.9. The number of para-hydroxylation sites is 1. The quantitative estimate of drug-likeness (QED) is 0.856. The predicted molar refractivity (Wildman–Crippen MR) is 66.5 cm³/mol. The molecule has 17 heavy (non-hydrogen) atoms. The molecule has 1 aromatic rings. The van der Waals surface area contributed by atoms with Crippen LogP contribution in [-0.4, -0.2) is 18.3 Å². The van der Waals surface area contributed by atoms with Gasteiger partial charge in [-0.25, -0.2) is 4.39 Å². The highest BCUT2D eigenvalue weighted by Crippen LogP contribution is 2.25. The summed E-state index contributed by atoms with van der Waals surface area (Å²) in [6.45, 7) is 6.73. The molecule has 0 amide bonds. The molecule has 0 spiro atoms. The third-order valence-electron chi connectivity index (χ3n) is 2.47. The molecule has 0 aliphatic carbocycles. The highest BCUT2D eigenvalue weighted by atomic mass is 19.1. The third kappa shape index (κ3) is 5.18. The summed E-state index contributed by atoms with van der Waals surface area (Å²) in [5.74, 6) is -0.0746. The van der Waals surface area contributed by atoms with Crippen LogP contribution >= 0.6 is 0 Å². The maximum absolute atomic E-state index is 13.3. The fourth-order valence-corrected chi connectivity index (χ4v) is 1.81. The number of halogens is 1. The zero-order valence-electron chi connectivity index (χ0n) is 10.7. The van der Waals surface area contributed by atoms with Crippen LogP contribution < -0.4 is 4.74 Å². The largest absolute Gasteiger partial charge is 0.490 e. The first-order valence-electron chi connectivity index (χ1n) is 5.90. The van der Waals surface area contributed by atoms with Crippen molar-refractivity contribution in [1.82, 2.24) is 0 Å². The molecule has 96 valence electrons. The van der Waals surface area contributed by atoms with Crippen LogP contribution in [0.3, 0.4) is 0 Å². The third-order valence-corrected chi connectivity index (χ3v) is 2.47. The van der Waals surface area contributed by atoms with Crippen molar-refractivity contribution in [3.05, 3.63) is 30.1 Å². The van der Waals surface area contributed by atoms with Gasteiger partial charge in [0.1, 0.15) is 0 Å². The highest BCUT2D eigenvalue weighted by molar-refractivity contribution is 5.23. The van der Waals surface area contributed by atoms with Gasteiger partial charge in [0.25, 0.3) is 0 Å². The van der Waals surface area contributed by atoms with Crippen LogP contribution in [0.2, 0.25) is 0 Å². The lowest BCUT2D eigenvalue weighted by Crippen LogP contribution is -2.22. The number of hydrogen-bond donors (Lipinski definition) is 1. The van der Waals surface area contributed by atoms with Crippen LogP contribution in [0.1, 0.15) is 27.2 Å². The number of hydrogen-bond acceptors (Lipinski definition) is 2. The summed E-state index contributed by atoms with van der Waals surface area (Å²) in [7, 11) is 0. The molecule has 1 atom stereocenters. The standard InChI is InChI=1S/C14H21FO2/c1-14(2,3)8-11(9-16)10-17-13-7-5-4-6-12(13)15/h4-7,11,16H,8-10H2,1-3H3. The Kier molecular flexibility index (Phi) is 4.94. The topological polar surface area (TPSA) is 29.5 Å². The Hall–Kier alpha value is -1.09. The van der Waals surface area contributed by atoms with E-state index in [1.807, 2.05) is 0 Å². The fourth-order valence-electron chi connectivity index (χ4n) is 1.81. The molecular formula is C14H21FO2. The van der Waals surface area contributed by atoms with Crippen molar-refractivity contribution in [1.29, 1.82) is 0 Å². The van der Waals surface area contributed by atoms with Crippen molar-refractivity contribution < 1.29 is 14.2 Å². The van der Waals surface area contributed by atoms with E-state index in [1.54, 1.807) is 18.2 Å². The molecule has 0 fully saturated rings. The monoisotopic (exact) mass is 240 g/mol. The summed E-state index contributed by atoms with van der Waals surface area (Å²) in [6, 6.07) is 6.32. The van der Waals surface area contributed by atoms with E-state index < -0.39 is 0 Å². The molecule has 3 heteroatoms. The molecule has 0 saturated carbocycles. The lowest BCUT2D eigenvalue weighted by molar-refractivity contribution is 0.124. The smallest absolute Gasteiger partial charge is 0.165 e. The molecule has 0 aliphatic heterocycles. The van der Waals surface area contributed by atoms with Crippen molar-refractivity contribution in [2.45, 2.75) is 27.2 Å². The van der Waals surface area contributed by atoms with Crippen molar-refractivity contribution >= 4 is 0 Å². The second-order valence-corrected chi connectivity index (χ2v) is 5.55. The van der Waals surface area contributed by atoms with Gasteiger partial charge in [0.05, 0.1) is 6.61 Å². The normalized spacial score (nSPS) is 13.5. The Morgan fingerprint density at radius 1 is 1.29 bits per heavy atom. The second-order valence-electron chi connectivity index (χ2n) is 5.55. The molecule has 0 saturated heterocycles. The molecule has 0 heterocycles. The lowest BCUT2D eigenvalue weighted by Gasteiger charge is -2.24. The molecular weight excluding hydrogens is 219 g/mol. The second kappa shape index (κ2) is 6.01. The number of aliphatic hydroxyl groups excluding tert-OH is 1. The summed E-state index contributed by atoms with van der Waals surface area (Å²) in [4.78, 5) is 0. The van der Waals surface area contributed by atoms with E-state index in [4.69, 9.17) is 4.74 Å².